The van der Waals surface area contributed by atoms with Gasteiger partial charge in [-0.25, -0.2) is 4.79 Å². The molecule has 9 nitrogen and oxygen atoms in total. The fourth-order valence-corrected chi connectivity index (χ4v) is 3.63. The van der Waals surface area contributed by atoms with Crippen LogP contribution in [0, 0.1) is 10.1 Å². The van der Waals surface area contributed by atoms with Gasteiger partial charge in [-0.15, -0.1) is 0 Å². The first-order valence-electron chi connectivity index (χ1n) is 8.78. The van der Waals surface area contributed by atoms with E-state index in [1.807, 2.05) is 29.2 Å². The summed E-state index contributed by atoms with van der Waals surface area (Å²) in [7, 11) is 1.57. The SMILES string of the molecule is CNC(=O)[C@H]1Cc2ccccc2CN1Cn1c(=O)oc2ccc([N+](=O)[O-])cc21. The van der Waals surface area contributed by atoms with E-state index in [2.05, 4.69) is 5.32 Å². The number of likely N-dealkylation sites (N-methyl/N-ethyl adjacent to an activating group) is 1. The highest BCUT2D eigenvalue weighted by Gasteiger charge is 2.32. The molecule has 144 valence electrons. The third-order valence-electron chi connectivity index (χ3n) is 5.08. The summed E-state index contributed by atoms with van der Waals surface area (Å²) in [5.74, 6) is -0.772. The number of fused-ring (bicyclic) bond motifs is 2. The quantitative estimate of drug-likeness (QED) is 0.542. The predicted molar refractivity (Wildman–Crippen MR) is 101 cm³/mol. The highest BCUT2D eigenvalue weighted by Crippen LogP contribution is 2.26. The van der Waals surface area contributed by atoms with E-state index in [4.69, 9.17) is 4.42 Å². The van der Waals surface area contributed by atoms with Crippen LogP contribution in [0.1, 0.15) is 11.1 Å². The molecule has 0 fully saturated rings. The Morgan fingerprint density at radius 2 is 2.04 bits per heavy atom. The molecular formula is C19H18N4O5. The molecular weight excluding hydrogens is 364 g/mol. The maximum absolute atomic E-state index is 12.5. The summed E-state index contributed by atoms with van der Waals surface area (Å²) in [6, 6.07) is 11.4. The van der Waals surface area contributed by atoms with Crippen LogP contribution in [0.2, 0.25) is 0 Å². The van der Waals surface area contributed by atoms with Crippen molar-refractivity contribution in [2.75, 3.05) is 7.05 Å². The van der Waals surface area contributed by atoms with Crippen molar-refractivity contribution in [1.82, 2.24) is 14.8 Å². The van der Waals surface area contributed by atoms with Gasteiger partial charge in [0.15, 0.2) is 5.58 Å². The van der Waals surface area contributed by atoms with Crippen molar-refractivity contribution in [2.24, 2.45) is 0 Å². The summed E-state index contributed by atoms with van der Waals surface area (Å²) < 4.78 is 6.55. The molecule has 1 aromatic heterocycles. The number of nitrogens with zero attached hydrogens (tertiary/aromatic N) is 3. The van der Waals surface area contributed by atoms with Gasteiger partial charge in [0.2, 0.25) is 5.91 Å². The van der Waals surface area contributed by atoms with Crippen LogP contribution in [0.3, 0.4) is 0 Å². The minimum absolute atomic E-state index is 0.0828. The van der Waals surface area contributed by atoms with Crippen molar-refractivity contribution in [2.45, 2.75) is 25.7 Å². The zero-order chi connectivity index (χ0) is 19.8. The Balaban J connectivity index is 1.75. The van der Waals surface area contributed by atoms with E-state index in [1.165, 1.54) is 22.8 Å². The van der Waals surface area contributed by atoms with E-state index >= 15 is 0 Å². The standard InChI is InChI=1S/C19H18N4O5/c1-20-18(24)16-8-12-4-2-3-5-13(12)10-21(16)11-22-15-9-14(23(26)27)6-7-17(15)28-19(22)25/h2-7,9,16H,8,10-11H2,1H3,(H,20,24)/t16-/m1/s1. The number of carbonyl (C=O) groups is 1. The lowest BCUT2D eigenvalue weighted by Gasteiger charge is -2.35. The lowest BCUT2D eigenvalue weighted by atomic mass is 9.94. The van der Waals surface area contributed by atoms with Crippen LogP contribution in [0.15, 0.2) is 51.7 Å². The number of oxazole rings is 1. The van der Waals surface area contributed by atoms with Gasteiger partial charge in [0, 0.05) is 25.7 Å². The molecule has 1 atom stereocenters. The number of hydrogen-bond acceptors (Lipinski definition) is 6. The number of aromatic nitrogens is 1. The van der Waals surface area contributed by atoms with Gasteiger partial charge >= 0.3 is 5.76 Å². The summed E-state index contributed by atoms with van der Waals surface area (Å²) in [5, 5.41) is 13.8. The minimum atomic E-state index is -0.620. The van der Waals surface area contributed by atoms with E-state index in [0.717, 1.165) is 11.1 Å². The molecule has 1 aliphatic heterocycles. The Kier molecular flexibility index (Phi) is 4.44. The molecule has 2 heterocycles. The van der Waals surface area contributed by atoms with Gasteiger partial charge in [-0.2, -0.15) is 0 Å². The van der Waals surface area contributed by atoms with Crippen LogP contribution in [0.25, 0.3) is 11.1 Å². The second kappa shape index (κ2) is 6.93. The molecule has 3 aromatic rings. The van der Waals surface area contributed by atoms with Gasteiger partial charge in [0.05, 0.1) is 23.2 Å². The number of rotatable bonds is 4. The zero-order valence-electron chi connectivity index (χ0n) is 15.1. The van der Waals surface area contributed by atoms with Crippen LogP contribution < -0.4 is 11.1 Å². The van der Waals surface area contributed by atoms with E-state index in [-0.39, 0.29) is 23.8 Å². The number of nitrogens with one attached hydrogen (secondary N) is 1. The van der Waals surface area contributed by atoms with Crippen molar-refractivity contribution < 1.29 is 14.1 Å². The van der Waals surface area contributed by atoms with E-state index in [0.29, 0.717) is 18.5 Å². The van der Waals surface area contributed by atoms with E-state index in [1.54, 1.807) is 7.05 Å². The lowest BCUT2D eigenvalue weighted by Crippen LogP contribution is -2.50. The molecule has 28 heavy (non-hydrogen) atoms. The summed E-state index contributed by atoms with van der Waals surface area (Å²) in [6.45, 7) is 0.557. The Bertz CT molecular complexity index is 1130. The first-order valence-corrected chi connectivity index (χ1v) is 8.78. The Morgan fingerprint density at radius 3 is 2.75 bits per heavy atom. The van der Waals surface area contributed by atoms with Crippen LogP contribution in [0.5, 0.6) is 0 Å². The van der Waals surface area contributed by atoms with E-state index in [9.17, 15) is 19.7 Å². The number of hydrogen-bond donors (Lipinski definition) is 1. The molecule has 0 radical (unpaired) electrons. The van der Waals surface area contributed by atoms with Crippen molar-refractivity contribution in [1.29, 1.82) is 0 Å². The number of benzene rings is 2. The highest BCUT2D eigenvalue weighted by atomic mass is 16.6. The molecule has 0 spiro atoms. The van der Waals surface area contributed by atoms with Gasteiger partial charge in [0.1, 0.15) is 0 Å². The molecule has 0 saturated carbocycles. The van der Waals surface area contributed by atoms with Gasteiger partial charge in [-0.3, -0.25) is 24.4 Å². The van der Waals surface area contributed by atoms with Crippen LogP contribution >= 0.6 is 0 Å². The largest absolute Gasteiger partial charge is 0.421 e. The van der Waals surface area contributed by atoms with E-state index < -0.39 is 16.7 Å². The lowest BCUT2D eigenvalue weighted by molar-refractivity contribution is -0.384. The maximum Gasteiger partial charge on any atom is 0.421 e. The highest BCUT2D eigenvalue weighted by molar-refractivity contribution is 5.82. The second-order valence-corrected chi connectivity index (χ2v) is 6.70. The molecule has 0 aliphatic carbocycles. The third kappa shape index (κ3) is 3.05. The molecule has 1 aliphatic rings. The minimum Gasteiger partial charge on any atom is -0.408 e. The summed E-state index contributed by atoms with van der Waals surface area (Å²) >= 11 is 0. The number of nitro benzene ring substituents is 1. The van der Waals surface area contributed by atoms with Crippen LogP contribution in [0.4, 0.5) is 5.69 Å². The normalized spacial score (nSPS) is 16.7. The monoisotopic (exact) mass is 382 g/mol. The summed E-state index contributed by atoms with van der Waals surface area (Å²) in [4.78, 5) is 37.3. The molecule has 0 saturated heterocycles. The molecule has 1 N–H and O–H groups in total. The van der Waals surface area contributed by atoms with Gasteiger partial charge in [0.25, 0.3) is 5.69 Å². The summed E-state index contributed by atoms with van der Waals surface area (Å²) in [6.07, 6.45) is 0.514. The third-order valence-corrected chi connectivity index (χ3v) is 5.08. The first-order chi connectivity index (χ1) is 13.5. The topological polar surface area (TPSA) is 111 Å². The Labute approximate surface area is 159 Å². The molecule has 0 bridgehead atoms. The second-order valence-electron chi connectivity index (χ2n) is 6.70. The fraction of sp³-hybridized carbons (Fsp3) is 0.263. The molecule has 4 rings (SSSR count). The van der Waals surface area contributed by atoms with Crippen LogP contribution in [-0.4, -0.2) is 33.4 Å². The average Bonchev–Trinajstić information content (AvgIpc) is 3.01. The maximum atomic E-state index is 12.5. The number of nitro groups is 1. The van der Waals surface area contributed by atoms with Crippen molar-refractivity contribution in [3.63, 3.8) is 0 Å². The van der Waals surface area contributed by atoms with Crippen molar-refractivity contribution in [3.05, 3.63) is 74.3 Å². The van der Waals surface area contributed by atoms with Gasteiger partial charge in [-0.05, 0) is 23.6 Å². The Morgan fingerprint density at radius 1 is 1.29 bits per heavy atom. The van der Waals surface area contributed by atoms with Crippen molar-refractivity contribution in [3.8, 4) is 0 Å². The molecule has 2 aromatic carbocycles. The number of amides is 1. The zero-order valence-corrected chi connectivity index (χ0v) is 15.1. The van der Waals surface area contributed by atoms with Crippen molar-refractivity contribution >= 4 is 22.7 Å². The predicted octanol–water partition coefficient (Wildman–Crippen LogP) is 1.63. The van der Waals surface area contributed by atoms with Crippen LogP contribution in [-0.2, 0) is 24.4 Å². The average molecular weight is 382 g/mol. The number of non-ortho nitro benzene ring substituents is 1. The Hall–Kier alpha value is -3.46. The smallest absolute Gasteiger partial charge is 0.408 e. The first kappa shape index (κ1) is 17.9. The number of carbonyl (C=O) groups excluding carboxylic acids is 1. The molecule has 9 heteroatoms. The molecule has 1 amide bonds. The molecule has 0 unspecified atom stereocenters. The summed E-state index contributed by atoms with van der Waals surface area (Å²) in [5.41, 5.74) is 2.63. The van der Waals surface area contributed by atoms with Gasteiger partial charge in [-0.1, -0.05) is 24.3 Å². The van der Waals surface area contributed by atoms with Gasteiger partial charge < -0.3 is 9.73 Å². The fourth-order valence-electron chi connectivity index (χ4n) is 3.63.